The highest BCUT2D eigenvalue weighted by molar-refractivity contribution is 6.30. The van der Waals surface area contributed by atoms with Crippen molar-refractivity contribution in [3.05, 3.63) is 107 Å². The Morgan fingerprint density at radius 2 is 1.62 bits per heavy atom. The molecule has 5 aromatic rings. The molecule has 0 unspecified atom stereocenters. The summed E-state index contributed by atoms with van der Waals surface area (Å²) in [5.74, 6) is -1.56. The molecule has 32 heavy (non-hydrogen) atoms. The number of benzene rings is 4. The molecule has 0 spiro atoms. The molecule has 2 N–H and O–H groups in total. The molecule has 0 fully saturated rings. The average Bonchev–Trinajstić information content (AvgIpc) is 3.09. The van der Waals surface area contributed by atoms with Crippen molar-refractivity contribution in [2.75, 3.05) is 0 Å². The Bertz CT molecular complexity index is 1510. The largest absolute Gasteiger partial charge is 0.366 e. The van der Waals surface area contributed by atoms with Crippen molar-refractivity contribution in [3.8, 4) is 11.1 Å². The molecule has 0 aliphatic heterocycles. The zero-order valence-corrected chi connectivity index (χ0v) is 17.5. The van der Waals surface area contributed by atoms with Crippen molar-refractivity contribution in [1.29, 1.82) is 0 Å². The van der Waals surface area contributed by atoms with Crippen LogP contribution in [-0.2, 0) is 6.54 Å². The van der Waals surface area contributed by atoms with E-state index in [0.29, 0.717) is 21.5 Å². The van der Waals surface area contributed by atoms with Gasteiger partial charge in [-0.2, -0.15) is 0 Å². The van der Waals surface area contributed by atoms with Crippen molar-refractivity contribution in [1.82, 2.24) is 4.57 Å². The van der Waals surface area contributed by atoms with Crippen LogP contribution < -0.4 is 5.73 Å². The number of halogens is 3. The standard InChI is InChI=1S/C26H17ClF2N2O/c27-18-7-4-15(5-8-18)16-6-10-20-24(13-16)31(14-17-12-19(28)9-11-22(17)29)23-3-1-2-21(25(20)23)26(30)32/h1-13H,14H2,(H2,30,32). The van der Waals surface area contributed by atoms with Crippen molar-refractivity contribution in [2.24, 2.45) is 5.73 Å². The van der Waals surface area contributed by atoms with Crippen LogP contribution >= 0.6 is 11.6 Å². The van der Waals surface area contributed by atoms with Crippen LogP contribution in [-0.4, -0.2) is 10.5 Å². The zero-order valence-electron chi connectivity index (χ0n) is 16.8. The van der Waals surface area contributed by atoms with Gasteiger partial charge >= 0.3 is 0 Å². The number of fused-ring (bicyclic) bond motifs is 3. The number of carbonyl (C=O) groups is 1. The van der Waals surface area contributed by atoms with Gasteiger partial charge < -0.3 is 10.3 Å². The van der Waals surface area contributed by atoms with Crippen molar-refractivity contribution < 1.29 is 13.6 Å². The number of amides is 1. The highest BCUT2D eigenvalue weighted by atomic mass is 35.5. The Hall–Kier alpha value is -3.70. The second kappa shape index (κ2) is 7.77. The average molecular weight is 447 g/mol. The Labute approximate surface area is 187 Å². The summed E-state index contributed by atoms with van der Waals surface area (Å²) >= 11 is 6.02. The van der Waals surface area contributed by atoms with E-state index < -0.39 is 17.5 Å². The van der Waals surface area contributed by atoms with Crippen LogP contribution in [0.25, 0.3) is 32.9 Å². The summed E-state index contributed by atoms with van der Waals surface area (Å²) in [6.07, 6.45) is 0. The van der Waals surface area contributed by atoms with Gasteiger partial charge in [0.05, 0.1) is 17.6 Å². The molecule has 1 heterocycles. The van der Waals surface area contributed by atoms with Crippen molar-refractivity contribution >= 4 is 39.3 Å². The molecule has 0 bridgehead atoms. The van der Waals surface area contributed by atoms with E-state index in [2.05, 4.69) is 0 Å². The molecule has 4 aromatic carbocycles. The number of rotatable bonds is 4. The number of hydrogen-bond acceptors (Lipinski definition) is 1. The molecule has 0 aliphatic carbocycles. The predicted octanol–water partition coefficient (Wildman–Crippen LogP) is 6.54. The summed E-state index contributed by atoms with van der Waals surface area (Å²) in [4.78, 5) is 12.1. The van der Waals surface area contributed by atoms with Crippen molar-refractivity contribution in [2.45, 2.75) is 6.54 Å². The van der Waals surface area contributed by atoms with E-state index in [-0.39, 0.29) is 12.1 Å². The van der Waals surface area contributed by atoms with Gasteiger partial charge in [0.25, 0.3) is 0 Å². The third kappa shape index (κ3) is 3.41. The van der Waals surface area contributed by atoms with Crippen LogP contribution in [0.2, 0.25) is 5.02 Å². The van der Waals surface area contributed by atoms with E-state index in [1.54, 1.807) is 12.1 Å². The van der Waals surface area contributed by atoms with Gasteiger partial charge in [0.1, 0.15) is 11.6 Å². The molecular formula is C26H17ClF2N2O. The van der Waals surface area contributed by atoms with Crippen LogP contribution in [0.4, 0.5) is 8.78 Å². The summed E-state index contributed by atoms with van der Waals surface area (Å²) in [7, 11) is 0. The summed E-state index contributed by atoms with van der Waals surface area (Å²) in [6.45, 7) is 0.0931. The minimum atomic E-state index is -0.548. The van der Waals surface area contributed by atoms with Crippen LogP contribution in [0, 0.1) is 11.6 Å². The third-order valence-corrected chi connectivity index (χ3v) is 5.92. The molecule has 158 valence electrons. The third-order valence-electron chi connectivity index (χ3n) is 5.67. The quantitative estimate of drug-likeness (QED) is 0.335. The van der Waals surface area contributed by atoms with E-state index in [0.717, 1.165) is 34.2 Å². The Morgan fingerprint density at radius 3 is 2.38 bits per heavy atom. The predicted molar refractivity (Wildman–Crippen MR) is 124 cm³/mol. The molecule has 0 atom stereocenters. The second-order valence-electron chi connectivity index (χ2n) is 7.62. The maximum Gasteiger partial charge on any atom is 0.249 e. The van der Waals surface area contributed by atoms with Gasteiger partial charge in [-0.25, -0.2) is 8.78 Å². The highest BCUT2D eigenvalue weighted by Crippen LogP contribution is 2.35. The van der Waals surface area contributed by atoms with Crippen LogP contribution in [0.15, 0.2) is 78.9 Å². The molecule has 1 aromatic heterocycles. The minimum absolute atomic E-state index is 0.0931. The van der Waals surface area contributed by atoms with Gasteiger partial charge in [-0.05, 0) is 59.7 Å². The minimum Gasteiger partial charge on any atom is -0.366 e. The molecule has 0 saturated carbocycles. The van der Waals surface area contributed by atoms with Crippen LogP contribution in [0.3, 0.4) is 0 Å². The lowest BCUT2D eigenvalue weighted by molar-refractivity contribution is 0.100. The van der Waals surface area contributed by atoms with Gasteiger partial charge in [-0.3, -0.25) is 4.79 Å². The molecule has 0 saturated heterocycles. The van der Waals surface area contributed by atoms with E-state index >= 15 is 0 Å². The number of aromatic nitrogens is 1. The SMILES string of the molecule is NC(=O)c1cccc2c1c1ccc(-c3ccc(Cl)cc3)cc1n2Cc1cc(F)ccc1F. The topological polar surface area (TPSA) is 48.0 Å². The maximum absolute atomic E-state index is 14.5. The lowest BCUT2D eigenvalue weighted by Gasteiger charge is -2.10. The molecule has 5 rings (SSSR count). The van der Waals surface area contributed by atoms with Crippen LogP contribution in [0.1, 0.15) is 15.9 Å². The van der Waals surface area contributed by atoms with Crippen molar-refractivity contribution in [3.63, 3.8) is 0 Å². The van der Waals surface area contributed by atoms with Gasteiger partial charge in [0, 0.05) is 26.9 Å². The molecule has 0 aliphatic rings. The van der Waals surface area contributed by atoms with E-state index in [9.17, 15) is 13.6 Å². The first-order valence-corrected chi connectivity index (χ1v) is 10.3. The Balaban J connectivity index is 1.81. The second-order valence-corrected chi connectivity index (χ2v) is 8.06. The van der Waals surface area contributed by atoms with E-state index in [1.807, 2.05) is 53.1 Å². The molecule has 6 heteroatoms. The molecule has 0 radical (unpaired) electrons. The summed E-state index contributed by atoms with van der Waals surface area (Å²) < 4.78 is 30.2. The highest BCUT2D eigenvalue weighted by Gasteiger charge is 2.18. The molecular weight excluding hydrogens is 430 g/mol. The fourth-order valence-electron chi connectivity index (χ4n) is 4.18. The lowest BCUT2D eigenvalue weighted by atomic mass is 10.0. The monoisotopic (exact) mass is 446 g/mol. The maximum atomic E-state index is 14.5. The number of nitrogens with two attached hydrogens (primary N) is 1. The number of nitrogens with zero attached hydrogens (tertiary/aromatic N) is 1. The van der Waals surface area contributed by atoms with Crippen LogP contribution in [0.5, 0.6) is 0 Å². The fourth-order valence-corrected chi connectivity index (χ4v) is 4.30. The van der Waals surface area contributed by atoms with E-state index in [1.165, 1.54) is 6.07 Å². The number of primary amides is 1. The first-order valence-electron chi connectivity index (χ1n) is 9.97. The summed E-state index contributed by atoms with van der Waals surface area (Å²) in [5, 5.41) is 2.13. The van der Waals surface area contributed by atoms with Gasteiger partial charge in [-0.1, -0.05) is 41.9 Å². The molecule has 3 nitrogen and oxygen atoms in total. The smallest absolute Gasteiger partial charge is 0.249 e. The Morgan fingerprint density at radius 1 is 0.875 bits per heavy atom. The van der Waals surface area contributed by atoms with Gasteiger partial charge in [0.15, 0.2) is 0 Å². The summed E-state index contributed by atoms with van der Waals surface area (Å²) in [6, 6.07) is 22.0. The zero-order chi connectivity index (χ0) is 22.4. The number of carbonyl (C=O) groups excluding carboxylic acids is 1. The Kier molecular flexibility index (Phi) is 4.91. The van der Waals surface area contributed by atoms with Gasteiger partial charge in [-0.15, -0.1) is 0 Å². The first kappa shape index (κ1) is 20.2. The summed E-state index contributed by atoms with van der Waals surface area (Å²) in [5.41, 5.74) is 9.62. The van der Waals surface area contributed by atoms with Gasteiger partial charge in [0.2, 0.25) is 5.91 Å². The lowest BCUT2D eigenvalue weighted by Crippen LogP contribution is -2.11. The normalized spacial score (nSPS) is 11.3. The van der Waals surface area contributed by atoms with E-state index in [4.69, 9.17) is 17.3 Å². The number of hydrogen-bond donors (Lipinski definition) is 1. The fraction of sp³-hybridized carbons (Fsp3) is 0.0385. The first-order chi connectivity index (χ1) is 15.4. The molecule has 1 amide bonds.